The minimum atomic E-state index is 0.113. The molecule has 0 aliphatic heterocycles. The Morgan fingerprint density at radius 2 is 1.61 bits per heavy atom. The van der Waals surface area contributed by atoms with Gasteiger partial charge in [0.2, 0.25) is 0 Å². The molecule has 0 bridgehead atoms. The van der Waals surface area contributed by atoms with E-state index in [0.29, 0.717) is 12.1 Å². The van der Waals surface area contributed by atoms with Crippen LogP contribution in [0.2, 0.25) is 0 Å². The zero-order valence-electron chi connectivity index (χ0n) is 14.5. The monoisotopic (exact) mass is 311 g/mol. The molecule has 0 unspecified atom stereocenters. The molecule has 2 aromatic carbocycles. The van der Waals surface area contributed by atoms with Gasteiger partial charge in [0.05, 0.1) is 6.33 Å². The molecular formula is C21H26FN. The number of halogens is 1. The molecule has 0 fully saturated rings. The predicted molar refractivity (Wildman–Crippen MR) is 97.0 cm³/mol. The van der Waals surface area contributed by atoms with Gasteiger partial charge in [0.25, 0.3) is 0 Å². The first-order chi connectivity index (χ1) is 10.9. The maximum Gasteiger partial charge on any atom is 0.0917 e. The molecule has 2 heteroatoms. The standard InChI is InChI=1S/C21H26FN/c1-21(2,3)20-12-10-18(11-13-20)19(14-22)16-23(4)15-17-8-6-5-7-9-17/h5-14H,15-16H2,1-4H3. The normalized spacial score (nSPS) is 12.7. The summed E-state index contributed by atoms with van der Waals surface area (Å²) in [5, 5.41) is 0. The summed E-state index contributed by atoms with van der Waals surface area (Å²) in [6.07, 6.45) is 0.730. The molecule has 0 atom stereocenters. The van der Waals surface area contributed by atoms with Crippen LogP contribution in [0.3, 0.4) is 0 Å². The average Bonchev–Trinajstić information content (AvgIpc) is 2.53. The summed E-state index contributed by atoms with van der Waals surface area (Å²) in [6.45, 7) is 7.93. The highest BCUT2D eigenvalue weighted by Crippen LogP contribution is 2.25. The molecule has 0 aromatic heterocycles. The first-order valence-corrected chi connectivity index (χ1v) is 8.03. The van der Waals surface area contributed by atoms with Crippen molar-refractivity contribution in [3.8, 4) is 0 Å². The fourth-order valence-corrected chi connectivity index (χ4v) is 2.61. The summed E-state index contributed by atoms with van der Waals surface area (Å²) in [7, 11) is 2.01. The first-order valence-electron chi connectivity index (χ1n) is 8.03. The second-order valence-corrected chi connectivity index (χ2v) is 7.12. The van der Waals surface area contributed by atoms with Gasteiger partial charge in [-0.25, -0.2) is 4.39 Å². The topological polar surface area (TPSA) is 3.24 Å². The lowest BCUT2D eigenvalue weighted by Gasteiger charge is -2.21. The van der Waals surface area contributed by atoms with Crippen molar-refractivity contribution in [1.82, 2.24) is 4.90 Å². The first kappa shape index (κ1) is 17.4. The van der Waals surface area contributed by atoms with Crippen LogP contribution in [0, 0.1) is 0 Å². The van der Waals surface area contributed by atoms with Crippen molar-refractivity contribution in [1.29, 1.82) is 0 Å². The predicted octanol–water partition coefficient (Wildman–Crippen LogP) is 5.43. The van der Waals surface area contributed by atoms with Crippen molar-refractivity contribution in [2.75, 3.05) is 13.6 Å². The molecule has 2 aromatic rings. The number of nitrogens with zero attached hydrogens (tertiary/aromatic N) is 1. The molecule has 0 saturated carbocycles. The SMILES string of the molecule is CN(CC(=CF)c1ccc(C(C)(C)C)cc1)Cc1ccccc1. The van der Waals surface area contributed by atoms with Gasteiger partial charge < -0.3 is 0 Å². The van der Waals surface area contributed by atoms with Gasteiger partial charge in [0.1, 0.15) is 0 Å². The van der Waals surface area contributed by atoms with Crippen LogP contribution in [-0.4, -0.2) is 18.5 Å². The van der Waals surface area contributed by atoms with Gasteiger partial charge in [-0.1, -0.05) is 75.4 Å². The smallest absolute Gasteiger partial charge is 0.0917 e. The molecule has 1 nitrogen and oxygen atoms in total. The maximum atomic E-state index is 13.4. The van der Waals surface area contributed by atoms with Gasteiger partial charge >= 0.3 is 0 Å². The van der Waals surface area contributed by atoms with Crippen molar-refractivity contribution in [3.05, 3.63) is 77.6 Å². The summed E-state index contributed by atoms with van der Waals surface area (Å²) in [5.41, 5.74) is 4.26. The molecule has 0 N–H and O–H groups in total. The van der Waals surface area contributed by atoms with Crippen molar-refractivity contribution >= 4 is 5.57 Å². The van der Waals surface area contributed by atoms with Crippen LogP contribution in [0.25, 0.3) is 5.57 Å². The lowest BCUT2D eigenvalue weighted by Crippen LogP contribution is -2.20. The van der Waals surface area contributed by atoms with Crippen molar-refractivity contribution in [3.63, 3.8) is 0 Å². The second-order valence-electron chi connectivity index (χ2n) is 7.12. The van der Waals surface area contributed by atoms with Gasteiger partial charge in [-0.2, -0.15) is 0 Å². The molecule has 0 radical (unpaired) electrons. The largest absolute Gasteiger partial charge is 0.298 e. The van der Waals surface area contributed by atoms with Gasteiger partial charge in [0.15, 0.2) is 0 Å². The van der Waals surface area contributed by atoms with Gasteiger partial charge in [-0.05, 0) is 29.2 Å². The second kappa shape index (κ2) is 7.56. The number of hydrogen-bond acceptors (Lipinski definition) is 1. The maximum absolute atomic E-state index is 13.4. The Morgan fingerprint density at radius 1 is 1.00 bits per heavy atom. The molecular weight excluding hydrogens is 285 g/mol. The minimum Gasteiger partial charge on any atom is -0.298 e. The van der Waals surface area contributed by atoms with Crippen molar-refractivity contribution < 1.29 is 4.39 Å². The van der Waals surface area contributed by atoms with Gasteiger partial charge in [-0.15, -0.1) is 0 Å². The van der Waals surface area contributed by atoms with Gasteiger partial charge in [0, 0.05) is 18.7 Å². The number of rotatable bonds is 5. The van der Waals surface area contributed by atoms with Crippen LogP contribution in [0.5, 0.6) is 0 Å². The van der Waals surface area contributed by atoms with E-state index in [1.54, 1.807) is 0 Å². The summed E-state index contributed by atoms with van der Waals surface area (Å²) in [5.74, 6) is 0. The van der Waals surface area contributed by atoms with Crippen LogP contribution in [0.4, 0.5) is 4.39 Å². The van der Waals surface area contributed by atoms with E-state index in [1.807, 2.05) is 37.4 Å². The van der Waals surface area contributed by atoms with E-state index in [-0.39, 0.29) is 5.41 Å². The Hall–Kier alpha value is -1.93. The van der Waals surface area contributed by atoms with E-state index in [1.165, 1.54) is 11.1 Å². The fraction of sp³-hybridized carbons (Fsp3) is 0.333. The third-order valence-electron chi connectivity index (χ3n) is 3.99. The lowest BCUT2D eigenvalue weighted by molar-refractivity contribution is 0.367. The highest BCUT2D eigenvalue weighted by atomic mass is 19.1. The summed E-state index contributed by atoms with van der Waals surface area (Å²) in [4.78, 5) is 2.12. The molecule has 0 aliphatic carbocycles. The molecule has 0 aliphatic rings. The van der Waals surface area contributed by atoms with Crippen LogP contribution in [0.1, 0.15) is 37.5 Å². The average molecular weight is 311 g/mol. The zero-order chi connectivity index (χ0) is 16.9. The number of likely N-dealkylation sites (N-methyl/N-ethyl adjacent to an activating group) is 1. The van der Waals surface area contributed by atoms with E-state index in [0.717, 1.165) is 18.4 Å². The van der Waals surface area contributed by atoms with Crippen LogP contribution in [0.15, 0.2) is 60.9 Å². The van der Waals surface area contributed by atoms with E-state index >= 15 is 0 Å². The van der Waals surface area contributed by atoms with E-state index in [4.69, 9.17) is 0 Å². The molecule has 0 spiro atoms. The van der Waals surface area contributed by atoms with E-state index in [2.05, 4.69) is 49.9 Å². The quantitative estimate of drug-likeness (QED) is 0.712. The molecule has 0 saturated heterocycles. The number of benzene rings is 2. The summed E-state index contributed by atoms with van der Waals surface area (Å²) < 4.78 is 13.4. The Labute approximate surface area is 139 Å². The van der Waals surface area contributed by atoms with Crippen LogP contribution in [-0.2, 0) is 12.0 Å². The van der Waals surface area contributed by atoms with Crippen LogP contribution >= 0.6 is 0 Å². The third-order valence-corrected chi connectivity index (χ3v) is 3.99. The summed E-state index contributed by atoms with van der Waals surface area (Å²) >= 11 is 0. The number of hydrogen-bond donors (Lipinski definition) is 0. The van der Waals surface area contributed by atoms with Gasteiger partial charge in [-0.3, -0.25) is 4.90 Å². The Kier molecular flexibility index (Phi) is 5.73. The van der Waals surface area contributed by atoms with Crippen molar-refractivity contribution in [2.24, 2.45) is 0 Å². The minimum absolute atomic E-state index is 0.113. The molecule has 122 valence electrons. The van der Waals surface area contributed by atoms with E-state index in [9.17, 15) is 4.39 Å². The lowest BCUT2D eigenvalue weighted by atomic mass is 9.86. The Bertz CT molecular complexity index is 636. The highest BCUT2D eigenvalue weighted by molar-refractivity contribution is 5.66. The molecule has 0 amide bonds. The fourth-order valence-electron chi connectivity index (χ4n) is 2.61. The zero-order valence-corrected chi connectivity index (χ0v) is 14.5. The molecule has 0 heterocycles. The van der Waals surface area contributed by atoms with Crippen LogP contribution < -0.4 is 0 Å². The third kappa shape index (κ3) is 5.04. The Balaban J connectivity index is 2.05. The summed E-state index contributed by atoms with van der Waals surface area (Å²) in [6, 6.07) is 18.5. The highest BCUT2D eigenvalue weighted by Gasteiger charge is 2.14. The van der Waals surface area contributed by atoms with Crippen molar-refractivity contribution in [2.45, 2.75) is 32.7 Å². The molecule has 23 heavy (non-hydrogen) atoms. The molecule has 2 rings (SSSR count). The Morgan fingerprint density at radius 3 is 2.13 bits per heavy atom. The van der Waals surface area contributed by atoms with E-state index < -0.39 is 0 Å².